The van der Waals surface area contributed by atoms with Gasteiger partial charge in [0.15, 0.2) is 17.6 Å². The summed E-state index contributed by atoms with van der Waals surface area (Å²) in [5, 5.41) is 2.93. The Bertz CT molecular complexity index is 1310. The molecule has 2 aliphatic rings. The van der Waals surface area contributed by atoms with E-state index in [-0.39, 0.29) is 17.5 Å². The number of hydrogen-bond acceptors (Lipinski definition) is 6. The SMILES string of the molecule is C[C@@H](NC(=O)[C@@H]1CN(S(=O)(=O)c2ccccc2)c2ccccc2O1)c1ccc2c(c1)OCCO2. The van der Waals surface area contributed by atoms with E-state index in [1.54, 1.807) is 42.5 Å². The third-order valence-corrected chi connectivity index (χ3v) is 7.58. The van der Waals surface area contributed by atoms with Crippen LogP contribution in [0.15, 0.2) is 77.7 Å². The van der Waals surface area contributed by atoms with Crippen molar-refractivity contribution >= 4 is 21.6 Å². The van der Waals surface area contributed by atoms with E-state index in [0.29, 0.717) is 36.1 Å². The minimum absolute atomic E-state index is 0.145. The summed E-state index contributed by atoms with van der Waals surface area (Å²) in [6.07, 6.45) is -1.02. The first-order chi connectivity index (χ1) is 16.4. The van der Waals surface area contributed by atoms with Gasteiger partial charge in [-0.3, -0.25) is 9.10 Å². The van der Waals surface area contributed by atoms with Gasteiger partial charge in [0.2, 0.25) is 0 Å². The third-order valence-electron chi connectivity index (χ3n) is 5.78. The molecule has 0 unspecified atom stereocenters. The lowest BCUT2D eigenvalue weighted by molar-refractivity contribution is -0.128. The van der Waals surface area contributed by atoms with Crippen LogP contribution in [0.3, 0.4) is 0 Å². The fraction of sp³-hybridized carbons (Fsp3) is 0.240. The van der Waals surface area contributed by atoms with Crippen LogP contribution in [-0.2, 0) is 14.8 Å². The minimum atomic E-state index is -3.89. The number of benzene rings is 3. The van der Waals surface area contributed by atoms with Crippen LogP contribution in [0, 0.1) is 0 Å². The van der Waals surface area contributed by atoms with Gasteiger partial charge in [-0.15, -0.1) is 0 Å². The molecular weight excluding hydrogens is 456 g/mol. The molecule has 0 aromatic heterocycles. The molecule has 1 amide bonds. The van der Waals surface area contributed by atoms with Crippen molar-refractivity contribution in [3.63, 3.8) is 0 Å². The average Bonchev–Trinajstić information content (AvgIpc) is 2.88. The number of carbonyl (C=O) groups excluding carboxylic acids is 1. The van der Waals surface area contributed by atoms with Gasteiger partial charge in [-0.25, -0.2) is 8.42 Å². The summed E-state index contributed by atoms with van der Waals surface area (Å²) in [5.74, 6) is 1.22. The summed E-state index contributed by atoms with van der Waals surface area (Å²) in [6.45, 7) is 2.67. The molecule has 2 atom stereocenters. The highest BCUT2D eigenvalue weighted by Gasteiger charge is 2.37. The molecule has 9 heteroatoms. The molecule has 2 heterocycles. The Labute approximate surface area is 198 Å². The van der Waals surface area contributed by atoms with Crippen molar-refractivity contribution in [2.75, 3.05) is 24.1 Å². The van der Waals surface area contributed by atoms with Crippen LogP contribution in [0.5, 0.6) is 17.2 Å². The molecule has 0 saturated carbocycles. The Morgan fingerprint density at radius 1 is 0.941 bits per heavy atom. The fourth-order valence-corrected chi connectivity index (χ4v) is 5.50. The lowest BCUT2D eigenvalue weighted by atomic mass is 10.1. The quantitative estimate of drug-likeness (QED) is 0.602. The minimum Gasteiger partial charge on any atom is -0.486 e. The van der Waals surface area contributed by atoms with E-state index >= 15 is 0 Å². The molecule has 0 bridgehead atoms. The van der Waals surface area contributed by atoms with Gasteiger partial charge in [-0.1, -0.05) is 36.4 Å². The lowest BCUT2D eigenvalue weighted by Gasteiger charge is -2.35. The Hall–Kier alpha value is -3.72. The maximum atomic E-state index is 13.4. The number of hydrogen-bond donors (Lipinski definition) is 1. The second-order valence-corrected chi connectivity index (χ2v) is 9.92. The molecule has 0 aliphatic carbocycles. The van der Waals surface area contributed by atoms with Gasteiger partial charge in [0.05, 0.1) is 23.2 Å². The molecule has 2 aliphatic heterocycles. The molecule has 0 radical (unpaired) electrons. The predicted molar refractivity (Wildman–Crippen MR) is 126 cm³/mol. The van der Waals surface area contributed by atoms with Crippen molar-refractivity contribution in [3.8, 4) is 17.2 Å². The number of fused-ring (bicyclic) bond motifs is 2. The first kappa shape index (κ1) is 22.1. The fourth-order valence-electron chi connectivity index (χ4n) is 4.01. The maximum absolute atomic E-state index is 13.4. The smallest absolute Gasteiger partial charge is 0.264 e. The van der Waals surface area contributed by atoms with Crippen molar-refractivity contribution in [1.82, 2.24) is 5.32 Å². The Morgan fingerprint density at radius 2 is 1.65 bits per heavy atom. The standard InChI is InChI=1S/C25H24N2O6S/c1-17(18-11-12-22-23(15-18)32-14-13-31-22)26-25(28)24-16-27(20-9-5-6-10-21(20)33-24)34(29,30)19-7-3-2-4-8-19/h2-12,15,17,24H,13-14,16H2,1H3,(H,26,28)/t17-,24+/m1/s1. The number of ether oxygens (including phenoxy) is 3. The number of nitrogens with one attached hydrogen (secondary N) is 1. The second kappa shape index (κ2) is 8.90. The van der Waals surface area contributed by atoms with Gasteiger partial charge >= 0.3 is 0 Å². The lowest BCUT2D eigenvalue weighted by Crippen LogP contribution is -2.51. The average molecular weight is 481 g/mol. The molecule has 1 N–H and O–H groups in total. The molecule has 8 nitrogen and oxygen atoms in total. The number of nitrogens with zero attached hydrogens (tertiary/aromatic N) is 1. The number of anilines is 1. The molecule has 3 aromatic carbocycles. The van der Waals surface area contributed by atoms with Gasteiger partial charge in [0, 0.05) is 0 Å². The Morgan fingerprint density at radius 3 is 2.44 bits per heavy atom. The Kier molecular flexibility index (Phi) is 5.79. The van der Waals surface area contributed by atoms with Crippen molar-refractivity contribution < 1.29 is 27.4 Å². The summed E-state index contributed by atoms with van der Waals surface area (Å²) < 4.78 is 45.2. The molecule has 0 saturated heterocycles. The van der Waals surface area contributed by atoms with Gasteiger partial charge in [0.25, 0.3) is 15.9 Å². The number of sulfonamides is 1. The van der Waals surface area contributed by atoms with E-state index in [4.69, 9.17) is 14.2 Å². The van der Waals surface area contributed by atoms with E-state index in [9.17, 15) is 13.2 Å². The van der Waals surface area contributed by atoms with Crippen LogP contribution in [0.4, 0.5) is 5.69 Å². The molecule has 34 heavy (non-hydrogen) atoms. The van der Waals surface area contributed by atoms with Crippen LogP contribution in [-0.4, -0.2) is 40.2 Å². The number of rotatable bonds is 5. The summed E-state index contributed by atoms with van der Waals surface area (Å²) in [6, 6.07) is 20.1. The zero-order valence-corrected chi connectivity index (χ0v) is 19.3. The summed E-state index contributed by atoms with van der Waals surface area (Å²) in [5.41, 5.74) is 1.23. The van der Waals surface area contributed by atoms with Crippen LogP contribution < -0.4 is 23.8 Å². The molecule has 176 valence electrons. The van der Waals surface area contributed by atoms with Crippen molar-refractivity contribution in [1.29, 1.82) is 0 Å². The highest BCUT2D eigenvalue weighted by Crippen LogP contribution is 2.37. The van der Waals surface area contributed by atoms with Gasteiger partial charge in [-0.05, 0) is 48.9 Å². The first-order valence-corrected chi connectivity index (χ1v) is 12.4. The van der Waals surface area contributed by atoms with Crippen molar-refractivity contribution in [2.24, 2.45) is 0 Å². The van der Waals surface area contributed by atoms with Crippen LogP contribution in [0.25, 0.3) is 0 Å². The highest BCUT2D eigenvalue weighted by molar-refractivity contribution is 7.92. The summed E-state index contributed by atoms with van der Waals surface area (Å²) in [4.78, 5) is 13.3. The van der Waals surface area contributed by atoms with E-state index in [1.165, 1.54) is 16.4 Å². The van der Waals surface area contributed by atoms with E-state index in [2.05, 4.69) is 5.32 Å². The molecule has 0 spiro atoms. The highest BCUT2D eigenvalue weighted by atomic mass is 32.2. The topological polar surface area (TPSA) is 94.2 Å². The van der Waals surface area contributed by atoms with Gasteiger partial charge < -0.3 is 19.5 Å². The molecular formula is C25H24N2O6S. The van der Waals surface area contributed by atoms with Crippen molar-refractivity contribution in [3.05, 3.63) is 78.4 Å². The van der Waals surface area contributed by atoms with Gasteiger partial charge in [-0.2, -0.15) is 0 Å². The summed E-state index contributed by atoms with van der Waals surface area (Å²) in [7, 11) is -3.89. The predicted octanol–water partition coefficient (Wildman–Crippen LogP) is 3.29. The van der Waals surface area contributed by atoms with Crippen LogP contribution >= 0.6 is 0 Å². The van der Waals surface area contributed by atoms with Crippen molar-refractivity contribution in [2.45, 2.75) is 24.0 Å². The zero-order valence-electron chi connectivity index (χ0n) is 18.5. The Balaban J connectivity index is 1.38. The third kappa shape index (κ3) is 4.14. The first-order valence-electron chi connectivity index (χ1n) is 11.0. The van der Waals surface area contributed by atoms with E-state index < -0.39 is 22.0 Å². The monoisotopic (exact) mass is 480 g/mol. The normalized spacial score (nSPS) is 17.8. The summed E-state index contributed by atoms with van der Waals surface area (Å²) >= 11 is 0. The number of para-hydroxylation sites is 2. The number of carbonyl (C=O) groups is 1. The zero-order chi connectivity index (χ0) is 23.7. The molecule has 5 rings (SSSR count). The van der Waals surface area contributed by atoms with Gasteiger partial charge in [0.1, 0.15) is 19.0 Å². The maximum Gasteiger partial charge on any atom is 0.264 e. The largest absolute Gasteiger partial charge is 0.486 e. The van der Waals surface area contributed by atoms with E-state index in [1.807, 2.05) is 25.1 Å². The number of amides is 1. The molecule has 3 aromatic rings. The van der Waals surface area contributed by atoms with Crippen LogP contribution in [0.2, 0.25) is 0 Å². The van der Waals surface area contributed by atoms with Crippen LogP contribution in [0.1, 0.15) is 18.5 Å². The van der Waals surface area contributed by atoms with E-state index in [0.717, 1.165) is 5.56 Å². The second-order valence-electron chi connectivity index (χ2n) is 8.06. The molecule has 0 fully saturated rings.